The maximum Gasteiger partial charge on any atom is 0.305 e. The fraction of sp³-hybridized carbons (Fsp3) is 0.235. The summed E-state index contributed by atoms with van der Waals surface area (Å²) in [5.41, 5.74) is 1.20. The standard InChI is InChI=1S/C17H17ClN2O4/c1-10(21)11-7-15(20(2)9-11)17(24)19-14(8-16(22)23)12-5-3-4-6-13(12)18/h3-7,9,14H,8H2,1-2H3,(H,19,24)(H,22,23)/t14-/m0/s1. The number of Topliss-reactive ketones (excluding diaryl/α,β-unsaturated/α-hetero) is 1. The second-order valence-corrected chi connectivity index (χ2v) is 5.83. The number of aryl methyl sites for hydroxylation is 1. The molecule has 24 heavy (non-hydrogen) atoms. The molecule has 0 saturated carbocycles. The molecule has 1 aromatic carbocycles. The van der Waals surface area contributed by atoms with Gasteiger partial charge in [-0.2, -0.15) is 0 Å². The number of halogens is 1. The van der Waals surface area contributed by atoms with Crippen molar-refractivity contribution in [3.63, 3.8) is 0 Å². The summed E-state index contributed by atoms with van der Waals surface area (Å²) in [6.07, 6.45) is 1.25. The molecule has 0 aliphatic rings. The maximum absolute atomic E-state index is 12.5. The summed E-state index contributed by atoms with van der Waals surface area (Å²) in [6, 6.07) is 7.44. The van der Waals surface area contributed by atoms with E-state index in [1.165, 1.54) is 17.6 Å². The average Bonchev–Trinajstić information content (AvgIpc) is 2.89. The van der Waals surface area contributed by atoms with Gasteiger partial charge in [0.15, 0.2) is 5.78 Å². The largest absolute Gasteiger partial charge is 0.481 e. The molecule has 126 valence electrons. The van der Waals surface area contributed by atoms with Gasteiger partial charge in [0.1, 0.15) is 5.69 Å². The first-order chi connectivity index (χ1) is 11.3. The molecule has 0 aliphatic carbocycles. The van der Waals surface area contributed by atoms with Crippen molar-refractivity contribution in [2.24, 2.45) is 7.05 Å². The van der Waals surface area contributed by atoms with Crippen molar-refractivity contribution in [2.45, 2.75) is 19.4 Å². The summed E-state index contributed by atoms with van der Waals surface area (Å²) in [5, 5.41) is 12.2. The Hall–Kier alpha value is -2.60. The summed E-state index contributed by atoms with van der Waals surface area (Å²) >= 11 is 6.11. The number of nitrogens with one attached hydrogen (secondary N) is 1. The van der Waals surface area contributed by atoms with Crippen LogP contribution < -0.4 is 5.32 Å². The lowest BCUT2D eigenvalue weighted by atomic mass is 10.0. The second kappa shape index (κ2) is 7.31. The van der Waals surface area contributed by atoms with Crippen molar-refractivity contribution in [3.8, 4) is 0 Å². The molecule has 0 spiro atoms. The number of carbonyl (C=O) groups excluding carboxylic acids is 2. The lowest BCUT2D eigenvalue weighted by Crippen LogP contribution is -2.31. The maximum atomic E-state index is 12.5. The molecule has 1 amide bonds. The summed E-state index contributed by atoms with van der Waals surface area (Å²) in [7, 11) is 1.64. The van der Waals surface area contributed by atoms with Gasteiger partial charge in [-0.3, -0.25) is 14.4 Å². The molecular weight excluding hydrogens is 332 g/mol. The molecular formula is C17H17ClN2O4. The predicted octanol–water partition coefficient (Wildman–Crippen LogP) is 2.83. The SMILES string of the molecule is CC(=O)c1cc(C(=O)N[C@@H](CC(=O)O)c2ccccc2Cl)n(C)c1. The van der Waals surface area contributed by atoms with Crippen LogP contribution >= 0.6 is 11.6 Å². The third-order valence-corrected chi connectivity index (χ3v) is 3.95. The number of carboxylic acid groups (broad SMARTS) is 1. The minimum absolute atomic E-state index is 0.155. The first kappa shape index (κ1) is 17.7. The lowest BCUT2D eigenvalue weighted by molar-refractivity contribution is -0.137. The van der Waals surface area contributed by atoms with Gasteiger partial charge < -0.3 is 15.0 Å². The van der Waals surface area contributed by atoms with Gasteiger partial charge in [-0.05, 0) is 24.6 Å². The fourth-order valence-electron chi connectivity index (χ4n) is 2.39. The topological polar surface area (TPSA) is 88.4 Å². The Morgan fingerprint density at radius 1 is 1.29 bits per heavy atom. The van der Waals surface area contributed by atoms with Crippen molar-refractivity contribution < 1.29 is 19.5 Å². The van der Waals surface area contributed by atoms with Crippen LogP contribution in [0.3, 0.4) is 0 Å². The van der Waals surface area contributed by atoms with E-state index in [9.17, 15) is 14.4 Å². The number of hydrogen-bond donors (Lipinski definition) is 2. The van der Waals surface area contributed by atoms with E-state index in [0.717, 1.165) is 0 Å². The Kier molecular flexibility index (Phi) is 5.41. The summed E-state index contributed by atoms with van der Waals surface area (Å²) in [5.74, 6) is -1.69. The smallest absolute Gasteiger partial charge is 0.305 e. The van der Waals surface area contributed by atoms with Crippen LogP contribution in [0.15, 0.2) is 36.5 Å². The number of nitrogens with zero attached hydrogens (tertiary/aromatic N) is 1. The van der Waals surface area contributed by atoms with Crippen LogP contribution in [-0.2, 0) is 11.8 Å². The Balaban J connectivity index is 2.29. The number of aliphatic carboxylic acids is 1. The Bertz CT molecular complexity index is 798. The zero-order valence-corrected chi connectivity index (χ0v) is 14.0. The summed E-state index contributed by atoms with van der Waals surface area (Å²) in [4.78, 5) is 35.1. The highest BCUT2D eigenvalue weighted by Crippen LogP contribution is 2.25. The van der Waals surface area contributed by atoms with Crippen molar-refractivity contribution >= 4 is 29.3 Å². The van der Waals surface area contributed by atoms with Crippen LogP contribution in [0.4, 0.5) is 0 Å². The van der Waals surface area contributed by atoms with E-state index in [1.807, 2.05) is 0 Å². The number of amides is 1. The van der Waals surface area contributed by atoms with Crippen LogP contribution in [-0.4, -0.2) is 27.3 Å². The highest BCUT2D eigenvalue weighted by molar-refractivity contribution is 6.31. The molecule has 7 heteroatoms. The number of ketones is 1. The molecule has 0 radical (unpaired) electrons. The molecule has 0 unspecified atom stereocenters. The van der Waals surface area contributed by atoms with E-state index in [2.05, 4.69) is 5.32 Å². The van der Waals surface area contributed by atoms with E-state index < -0.39 is 17.9 Å². The molecule has 0 aliphatic heterocycles. The quantitative estimate of drug-likeness (QED) is 0.786. The van der Waals surface area contributed by atoms with Gasteiger partial charge in [-0.25, -0.2) is 0 Å². The Morgan fingerprint density at radius 3 is 2.50 bits per heavy atom. The van der Waals surface area contributed by atoms with Gasteiger partial charge in [0, 0.05) is 23.8 Å². The fourth-order valence-corrected chi connectivity index (χ4v) is 2.65. The number of carbonyl (C=O) groups is 3. The van der Waals surface area contributed by atoms with Crippen molar-refractivity contribution in [3.05, 3.63) is 58.4 Å². The Labute approximate surface area is 144 Å². The first-order valence-electron chi connectivity index (χ1n) is 7.24. The molecule has 2 N–H and O–H groups in total. The summed E-state index contributed by atoms with van der Waals surface area (Å²) in [6.45, 7) is 1.41. The molecule has 2 rings (SSSR count). The van der Waals surface area contributed by atoms with E-state index in [-0.39, 0.29) is 17.9 Å². The minimum atomic E-state index is -1.06. The lowest BCUT2D eigenvalue weighted by Gasteiger charge is -2.18. The van der Waals surface area contributed by atoms with E-state index in [0.29, 0.717) is 16.1 Å². The number of hydrogen-bond acceptors (Lipinski definition) is 3. The van der Waals surface area contributed by atoms with Crippen LogP contribution in [0.5, 0.6) is 0 Å². The van der Waals surface area contributed by atoms with Crippen LogP contribution in [0.1, 0.15) is 45.8 Å². The highest BCUT2D eigenvalue weighted by Gasteiger charge is 2.22. The van der Waals surface area contributed by atoms with E-state index >= 15 is 0 Å². The van der Waals surface area contributed by atoms with Crippen LogP contribution in [0.25, 0.3) is 0 Å². The zero-order chi connectivity index (χ0) is 17.9. The molecule has 2 aromatic rings. The van der Waals surface area contributed by atoms with Crippen molar-refractivity contribution in [1.29, 1.82) is 0 Å². The van der Waals surface area contributed by atoms with Gasteiger partial charge >= 0.3 is 5.97 Å². The monoisotopic (exact) mass is 348 g/mol. The van der Waals surface area contributed by atoms with Crippen molar-refractivity contribution in [1.82, 2.24) is 9.88 Å². The second-order valence-electron chi connectivity index (χ2n) is 5.43. The van der Waals surface area contributed by atoms with Gasteiger partial charge in [0.2, 0.25) is 0 Å². The molecule has 1 heterocycles. The van der Waals surface area contributed by atoms with Crippen molar-refractivity contribution in [2.75, 3.05) is 0 Å². The third kappa shape index (κ3) is 4.02. The molecule has 1 atom stereocenters. The molecule has 0 saturated heterocycles. The first-order valence-corrected chi connectivity index (χ1v) is 7.61. The Morgan fingerprint density at radius 2 is 1.96 bits per heavy atom. The predicted molar refractivity (Wildman–Crippen MR) is 89.3 cm³/mol. The molecule has 0 fully saturated rings. The van der Waals surface area contributed by atoms with Gasteiger partial charge in [0.05, 0.1) is 12.5 Å². The zero-order valence-electron chi connectivity index (χ0n) is 13.2. The average molecular weight is 349 g/mol. The van der Waals surface area contributed by atoms with Gasteiger partial charge in [-0.15, -0.1) is 0 Å². The van der Waals surface area contributed by atoms with Gasteiger partial charge in [-0.1, -0.05) is 29.8 Å². The number of rotatable bonds is 6. The summed E-state index contributed by atoms with van der Waals surface area (Å²) < 4.78 is 1.52. The molecule has 6 nitrogen and oxygen atoms in total. The third-order valence-electron chi connectivity index (χ3n) is 3.61. The van der Waals surface area contributed by atoms with E-state index in [4.69, 9.17) is 16.7 Å². The molecule has 1 aromatic heterocycles. The molecule has 0 bridgehead atoms. The number of aromatic nitrogens is 1. The normalized spacial score (nSPS) is 11.8. The van der Waals surface area contributed by atoms with Crippen LogP contribution in [0.2, 0.25) is 5.02 Å². The van der Waals surface area contributed by atoms with Gasteiger partial charge in [0.25, 0.3) is 5.91 Å². The minimum Gasteiger partial charge on any atom is -0.481 e. The van der Waals surface area contributed by atoms with E-state index in [1.54, 1.807) is 37.5 Å². The number of benzene rings is 1. The number of carboxylic acids is 1. The van der Waals surface area contributed by atoms with Crippen LogP contribution in [0, 0.1) is 0 Å². The highest BCUT2D eigenvalue weighted by atomic mass is 35.5.